The molecular weight excluding hydrogens is 288 g/mol. The van der Waals surface area contributed by atoms with Crippen LogP contribution in [0.15, 0.2) is 24.3 Å². The normalized spacial score (nSPS) is 10.2. The smallest absolute Gasteiger partial charge is 0.319 e. The van der Waals surface area contributed by atoms with E-state index in [0.717, 1.165) is 16.4 Å². The molecule has 0 bridgehead atoms. The van der Waals surface area contributed by atoms with Crippen LogP contribution in [0.2, 0.25) is 0 Å². The minimum atomic E-state index is -0.296. The van der Waals surface area contributed by atoms with Crippen LogP contribution in [-0.4, -0.2) is 22.8 Å². The second kappa shape index (κ2) is 7.58. The Bertz CT molecular complexity index is 600. The van der Waals surface area contributed by atoms with Gasteiger partial charge in [0.05, 0.1) is 18.8 Å². The molecule has 2 N–H and O–H groups in total. The number of anilines is 1. The molecule has 0 atom stereocenters. The third kappa shape index (κ3) is 4.42. The Morgan fingerprint density at radius 2 is 2.00 bits per heavy atom. The number of para-hydroxylation sites is 2. The number of hydrogen-bond acceptors (Lipinski definition) is 5. The maximum atomic E-state index is 11.9. The van der Waals surface area contributed by atoms with Gasteiger partial charge in [-0.2, -0.15) is 0 Å². The third-order valence-electron chi connectivity index (χ3n) is 2.65. The fourth-order valence-electron chi connectivity index (χ4n) is 1.68. The van der Waals surface area contributed by atoms with Gasteiger partial charge in [0.1, 0.15) is 15.8 Å². The Morgan fingerprint density at radius 1 is 1.24 bits per heavy atom. The Balaban J connectivity index is 1.89. The van der Waals surface area contributed by atoms with Gasteiger partial charge in [0, 0.05) is 0 Å². The van der Waals surface area contributed by atoms with E-state index in [-0.39, 0.29) is 6.03 Å². The van der Waals surface area contributed by atoms with Gasteiger partial charge in [0.15, 0.2) is 0 Å². The van der Waals surface area contributed by atoms with E-state index in [1.807, 2.05) is 32.0 Å². The number of amides is 2. The second-order valence-corrected chi connectivity index (χ2v) is 5.33. The molecule has 0 fully saturated rings. The SMILES string of the molecule is CCOc1ccccc1NC(=O)NCc1nnc(CC)s1. The number of nitrogens with one attached hydrogen (secondary N) is 2. The molecule has 0 radical (unpaired) electrons. The number of nitrogens with zero attached hydrogens (tertiary/aromatic N) is 2. The predicted octanol–water partition coefficient (Wildman–Crippen LogP) is 2.82. The molecule has 112 valence electrons. The molecule has 2 aromatic rings. The maximum absolute atomic E-state index is 11.9. The first-order valence-electron chi connectivity index (χ1n) is 6.80. The number of aromatic nitrogens is 2. The Morgan fingerprint density at radius 3 is 2.71 bits per heavy atom. The van der Waals surface area contributed by atoms with E-state index in [1.54, 1.807) is 6.07 Å². The number of ether oxygens (including phenoxy) is 1. The van der Waals surface area contributed by atoms with Crippen molar-refractivity contribution in [1.29, 1.82) is 0 Å². The summed E-state index contributed by atoms with van der Waals surface area (Å²) >= 11 is 1.50. The molecule has 0 saturated carbocycles. The molecular formula is C14H18N4O2S. The molecule has 0 aliphatic heterocycles. The van der Waals surface area contributed by atoms with Gasteiger partial charge in [-0.1, -0.05) is 30.4 Å². The van der Waals surface area contributed by atoms with Gasteiger partial charge in [-0.15, -0.1) is 10.2 Å². The van der Waals surface area contributed by atoms with Gasteiger partial charge in [-0.3, -0.25) is 0 Å². The first-order chi connectivity index (χ1) is 10.2. The highest BCUT2D eigenvalue weighted by molar-refractivity contribution is 7.11. The zero-order valence-corrected chi connectivity index (χ0v) is 12.9. The van der Waals surface area contributed by atoms with Crippen LogP contribution in [0.3, 0.4) is 0 Å². The lowest BCUT2D eigenvalue weighted by molar-refractivity contribution is 0.251. The van der Waals surface area contributed by atoms with Crippen molar-refractivity contribution in [2.24, 2.45) is 0 Å². The molecule has 0 spiro atoms. The number of carbonyl (C=O) groups excluding carboxylic acids is 1. The fraction of sp³-hybridized carbons (Fsp3) is 0.357. The van der Waals surface area contributed by atoms with Crippen LogP contribution in [0.25, 0.3) is 0 Å². The van der Waals surface area contributed by atoms with E-state index < -0.39 is 0 Å². The second-order valence-electron chi connectivity index (χ2n) is 4.18. The lowest BCUT2D eigenvalue weighted by atomic mass is 10.3. The summed E-state index contributed by atoms with van der Waals surface area (Å²) in [6, 6.07) is 7.02. The van der Waals surface area contributed by atoms with Crippen molar-refractivity contribution in [2.75, 3.05) is 11.9 Å². The molecule has 2 rings (SSSR count). The number of hydrogen-bond donors (Lipinski definition) is 2. The van der Waals surface area contributed by atoms with Crippen LogP contribution >= 0.6 is 11.3 Å². The van der Waals surface area contributed by atoms with Crippen LogP contribution in [0.5, 0.6) is 5.75 Å². The van der Waals surface area contributed by atoms with Crippen LogP contribution in [0.1, 0.15) is 23.9 Å². The number of benzene rings is 1. The molecule has 1 heterocycles. The van der Waals surface area contributed by atoms with Crippen LogP contribution < -0.4 is 15.4 Å². The summed E-state index contributed by atoms with van der Waals surface area (Å²) in [6.45, 7) is 4.83. The largest absolute Gasteiger partial charge is 0.492 e. The topological polar surface area (TPSA) is 76.1 Å². The molecule has 21 heavy (non-hydrogen) atoms. The van der Waals surface area contributed by atoms with E-state index in [2.05, 4.69) is 20.8 Å². The van der Waals surface area contributed by atoms with Crippen molar-refractivity contribution in [3.63, 3.8) is 0 Å². The van der Waals surface area contributed by atoms with E-state index in [1.165, 1.54) is 11.3 Å². The quantitative estimate of drug-likeness (QED) is 0.860. The van der Waals surface area contributed by atoms with Gasteiger partial charge in [0.2, 0.25) is 0 Å². The maximum Gasteiger partial charge on any atom is 0.319 e. The molecule has 6 nitrogen and oxygen atoms in total. The Labute approximate surface area is 127 Å². The van der Waals surface area contributed by atoms with Crippen molar-refractivity contribution in [2.45, 2.75) is 26.8 Å². The van der Waals surface area contributed by atoms with Gasteiger partial charge in [0.25, 0.3) is 0 Å². The van der Waals surface area contributed by atoms with Crippen molar-refractivity contribution >= 4 is 23.1 Å². The summed E-state index contributed by atoms with van der Waals surface area (Å²) in [5, 5.41) is 15.3. The van der Waals surface area contributed by atoms with E-state index in [0.29, 0.717) is 24.6 Å². The molecule has 2 amide bonds. The number of carbonyl (C=O) groups is 1. The molecule has 1 aromatic heterocycles. The van der Waals surface area contributed by atoms with E-state index >= 15 is 0 Å². The van der Waals surface area contributed by atoms with Gasteiger partial charge in [-0.05, 0) is 25.5 Å². The molecule has 0 aliphatic carbocycles. The number of rotatable bonds is 6. The standard InChI is InChI=1S/C14H18N4O2S/c1-3-12-17-18-13(21-12)9-15-14(19)16-10-7-5-6-8-11(10)20-4-2/h5-8H,3-4,9H2,1-2H3,(H2,15,16,19). The summed E-state index contributed by atoms with van der Waals surface area (Å²) in [4.78, 5) is 11.9. The van der Waals surface area contributed by atoms with Gasteiger partial charge >= 0.3 is 6.03 Å². The van der Waals surface area contributed by atoms with Crippen LogP contribution in [-0.2, 0) is 13.0 Å². The summed E-state index contributed by atoms with van der Waals surface area (Å²) in [5.74, 6) is 0.652. The molecule has 1 aromatic carbocycles. The monoisotopic (exact) mass is 306 g/mol. The minimum Gasteiger partial charge on any atom is -0.492 e. The van der Waals surface area contributed by atoms with Crippen molar-refractivity contribution in [1.82, 2.24) is 15.5 Å². The van der Waals surface area contributed by atoms with Crippen LogP contribution in [0, 0.1) is 0 Å². The first-order valence-corrected chi connectivity index (χ1v) is 7.62. The predicted molar refractivity (Wildman–Crippen MR) is 82.8 cm³/mol. The average Bonchev–Trinajstić information content (AvgIpc) is 2.95. The minimum absolute atomic E-state index is 0.296. The molecule has 7 heteroatoms. The Hall–Kier alpha value is -2.15. The van der Waals surface area contributed by atoms with E-state index in [9.17, 15) is 4.79 Å². The number of aryl methyl sites for hydroxylation is 1. The van der Waals surface area contributed by atoms with E-state index in [4.69, 9.17) is 4.74 Å². The molecule has 0 unspecified atom stereocenters. The average molecular weight is 306 g/mol. The zero-order chi connectivity index (χ0) is 15.1. The number of urea groups is 1. The fourth-order valence-corrected chi connectivity index (χ4v) is 2.40. The Kier molecular flexibility index (Phi) is 5.51. The highest BCUT2D eigenvalue weighted by atomic mass is 32.1. The van der Waals surface area contributed by atoms with Crippen LogP contribution in [0.4, 0.5) is 10.5 Å². The molecule has 0 aliphatic rings. The van der Waals surface area contributed by atoms with Crippen molar-refractivity contribution < 1.29 is 9.53 Å². The van der Waals surface area contributed by atoms with Gasteiger partial charge in [-0.25, -0.2) is 4.79 Å². The lowest BCUT2D eigenvalue weighted by Crippen LogP contribution is -2.28. The van der Waals surface area contributed by atoms with Crippen molar-refractivity contribution in [3.8, 4) is 5.75 Å². The lowest BCUT2D eigenvalue weighted by Gasteiger charge is -2.11. The third-order valence-corrected chi connectivity index (χ3v) is 3.71. The zero-order valence-electron chi connectivity index (χ0n) is 12.0. The summed E-state index contributed by atoms with van der Waals surface area (Å²) in [5.41, 5.74) is 0.642. The summed E-state index contributed by atoms with van der Waals surface area (Å²) < 4.78 is 5.46. The molecule has 0 saturated heterocycles. The highest BCUT2D eigenvalue weighted by Crippen LogP contribution is 2.23. The first kappa shape index (κ1) is 15.2. The summed E-state index contributed by atoms with van der Waals surface area (Å²) in [7, 11) is 0. The summed E-state index contributed by atoms with van der Waals surface area (Å²) in [6.07, 6.45) is 0.853. The van der Waals surface area contributed by atoms with Gasteiger partial charge < -0.3 is 15.4 Å². The highest BCUT2D eigenvalue weighted by Gasteiger charge is 2.08. The van der Waals surface area contributed by atoms with Crippen molar-refractivity contribution in [3.05, 3.63) is 34.3 Å².